The monoisotopic (exact) mass is 509 g/mol. The van der Waals surface area contributed by atoms with Gasteiger partial charge in [-0.25, -0.2) is 9.37 Å². The van der Waals surface area contributed by atoms with Crippen LogP contribution in [0.2, 0.25) is 0 Å². The van der Waals surface area contributed by atoms with E-state index >= 15 is 4.39 Å². The number of nitrogens with one attached hydrogen (secondary N) is 1. The maximum Gasteiger partial charge on any atom is 0.266 e. The highest BCUT2D eigenvalue weighted by Gasteiger charge is 2.38. The smallest absolute Gasteiger partial charge is 0.266 e. The summed E-state index contributed by atoms with van der Waals surface area (Å²) in [4.78, 5) is 45.0. The van der Waals surface area contributed by atoms with E-state index in [1.807, 2.05) is 30.3 Å². The Labute approximate surface area is 215 Å². The number of hydrogen-bond acceptors (Lipinski definition) is 6. The predicted octanol–water partition coefficient (Wildman–Crippen LogP) is 3.74. The van der Waals surface area contributed by atoms with Gasteiger partial charge in [-0.15, -0.1) is 0 Å². The molecule has 0 aliphatic carbocycles. The number of hydrogen-bond donors (Lipinski definition) is 1. The van der Waals surface area contributed by atoms with Crippen LogP contribution in [0.15, 0.2) is 59.0 Å². The van der Waals surface area contributed by atoms with E-state index in [2.05, 4.69) is 10.3 Å². The molecule has 3 atom stereocenters. The standard InChI is InChI=1S/C28H32FN3O5/c1-2-21(25(33)27-31-22-13-6-7-14-23(22)37-27)30-26(34)20(12-8-11-19-9-4-3-5-10-19)24(29)28(35)32-15-17-36-18-16-32/h3-7,9-10,13-14,20-21,24H,2,8,11-12,15-18H2,1H3,(H,30,34). The Hall–Kier alpha value is -3.59. The third kappa shape index (κ3) is 6.60. The van der Waals surface area contributed by atoms with Gasteiger partial charge in [0, 0.05) is 13.1 Å². The van der Waals surface area contributed by atoms with Crippen LogP contribution >= 0.6 is 0 Å². The summed E-state index contributed by atoms with van der Waals surface area (Å²) in [6.45, 7) is 2.97. The zero-order chi connectivity index (χ0) is 26.2. The van der Waals surface area contributed by atoms with Gasteiger partial charge in [0.1, 0.15) is 5.52 Å². The summed E-state index contributed by atoms with van der Waals surface area (Å²) < 4.78 is 26.5. The van der Waals surface area contributed by atoms with E-state index in [1.54, 1.807) is 31.2 Å². The van der Waals surface area contributed by atoms with Crippen LogP contribution in [0.4, 0.5) is 4.39 Å². The molecule has 1 saturated heterocycles. The number of morpholine rings is 1. The summed E-state index contributed by atoms with van der Waals surface area (Å²) in [6.07, 6.45) is -0.456. The van der Waals surface area contributed by atoms with Gasteiger partial charge in [-0.05, 0) is 43.4 Å². The number of benzene rings is 2. The lowest BCUT2D eigenvalue weighted by atomic mass is 9.92. The molecule has 0 spiro atoms. The number of halogens is 1. The Morgan fingerprint density at radius 1 is 1.05 bits per heavy atom. The van der Waals surface area contributed by atoms with Crippen LogP contribution in [-0.2, 0) is 20.7 Å². The van der Waals surface area contributed by atoms with Crippen LogP contribution in [0.25, 0.3) is 11.1 Å². The number of oxazole rings is 1. The number of alkyl halides is 1. The molecular formula is C28H32FN3O5. The fourth-order valence-corrected chi connectivity index (χ4v) is 4.47. The SMILES string of the molecule is CCC(NC(=O)C(CCCc1ccccc1)C(F)C(=O)N1CCOCC1)C(=O)c1nc2ccccc2o1. The fraction of sp³-hybridized carbons (Fsp3) is 0.429. The van der Waals surface area contributed by atoms with E-state index in [0.29, 0.717) is 37.2 Å². The van der Waals surface area contributed by atoms with Gasteiger partial charge in [-0.2, -0.15) is 0 Å². The predicted molar refractivity (Wildman–Crippen MR) is 136 cm³/mol. The number of fused-ring (bicyclic) bond motifs is 1. The van der Waals surface area contributed by atoms with Gasteiger partial charge in [-0.3, -0.25) is 14.4 Å². The number of aromatic nitrogens is 1. The molecule has 2 amide bonds. The minimum absolute atomic E-state index is 0.116. The molecule has 2 heterocycles. The molecule has 3 unspecified atom stereocenters. The lowest BCUT2D eigenvalue weighted by Gasteiger charge is -2.30. The van der Waals surface area contributed by atoms with Gasteiger partial charge in [0.25, 0.3) is 11.8 Å². The number of nitrogens with zero attached hydrogens (tertiary/aromatic N) is 2. The number of carbonyl (C=O) groups is 3. The molecule has 1 N–H and O–H groups in total. The van der Waals surface area contributed by atoms with Crippen molar-refractivity contribution in [2.45, 2.75) is 44.8 Å². The second-order valence-corrected chi connectivity index (χ2v) is 9.14. The maximum atomic E-state index is 15.6. The third-order valence-corrected chi connectivity index (χ3v) is 6.62. The Morgan fingerprint density at radius 3 is 2.46 bits per heavy atom. The Bertz CT molecular complexity index is 1180. The molecule has 196 valence electrons. The van der Waals surface area contributed by atoms with Crippen molar-refractivity contribution in [2.75, 3.05) is 26.3 Å². The van der Waals surface area contributed by atoms with Crippen molar-refractivity contribution in [3.8, 4) is 0 Å². The number of para-hydroxylation sites is 2. The van der Waals surface area contributed by atoms with Crippen molar-refractivity contribution in [3.05, 3.63) is 66.1 Å². The van der Waals surface area contributed by atoms with Crippen LogP contribution in [0.5, 0.6) is 0 Å². The van der Waals surface area contributed by atoms with Crippen molar-refractivity contribution in [3.63, 3.8) is 0 Å². The molecule has 2 aromatic carbocycles. The fourth-order valence-electron chi connectivity index (χ4n) is 4.47. The third-order valence-electron chi connectivity index (χ3n) is 6.62. The zero-order valence-electron chi connectivity index (χ0n) is 20.9. The molecule has 1 aliphatic heterocycles. The van der Waals surface area contributed by atoms with E-state index in [-0.39, 0.29) is 31.8 Å². The quantitative estimate of drug-likeness (QED) is 0.395. The first-order chi connectivity index (χ1) is 18.0. The van der Waals surface area contributed by atoms with Crippen molar-refractivity contribution in [2.24, 2.45) is 5.92 Å². The van der Waals surface area contributed by atoms with Gasteiger partial charge in [0.05, 0.1) is 25.2 Å². The molecule has 9 heteroatoms. The first-order valence-corrected chi connectivity index (χ1v) is 12.7. The maximum absolute atomic E-state index is 15.6. The number of Topliss-reactive ketones (excluding diaryl/α,β-unsaturated/α-hetero) is 1. The molecule has 4 rings (SSSR count). The second kappa shape index (κ2) is 12.6. The van der Waals surface area contributed by atoms with E-state index in [1.165, 1.54) is 4.90 Å². The average molecular weight is 510 g/mol. The van der Waals surface area contributed by atoms with E-state index in [0.717, 1.165) is 5.56 Å². The Morgan fingerprint density at radius 2 is 1.76 bits per heavy atom. The molecule has 0 saturated carbocycles. The number of aryl methyl sites for hydroxylation is 1. The van der Waals surface area contributed by atoms with Crippen LogP contribution < -0.4 is 5.32 Å². The average Bonchev–Trinajstić information content (AvgIpc) is 3.38. The molecule has 0 radical (unpaired) electrons. The van der Waals surface area contributed by atoms with Gasteiger partial charge < -0.3 is 19.4 Å². The Balaban J connectivity index is 1.47. The first-order valence-electron chi connectivity index (χ1n) is 12.7. The molecule has 1 aliphatic rings. The summed E-state index contributed by atoms with van der Waals surface area (Å²) in [5.41, 5.74) is 2.06. The van der Waals surface area contributed by atoms with Crippen molar-refractivity contribution >= 4 is 28.7 Å². The van der Waals surface area contributed by atoms with Gasteiger partial charge in [0.2, 0.25) is 11.7 Å². The zero-order valence-corrected chi connectivity index (χ0v) is 20.9. The van der Waals surface area contributed by atoms with Gasteiger partial charge >= 0.3 is 0 Å². The van der Waals surface area contributed by atoms with Crippen LogP contribution in [-0.4, -0.2) is 66.0 Å². The highest BCUT2D eigenvalue weighted by Crippen LogP contribution is 2.22. The molecular weight excluding hydrogens is 477 g/mol. The highest BCUT2D eigenvalue weighted by atomic mass is 19.1. The number of amides is 2. The minimum atomic E-state index is -2.02. The lowest BCUT2D eigenvalue weighted by molar-refractivity contribution is -0.146. The van der Waals surface area contributed by atoms with E-state index < -0.39 is 35.7 Å². The van der Waals surface area contributed by atoms with E-state index in [9.17, 15) is 14.4 Å². The molecule has 1 aromatic heterocycles. The minimum Gasteiger partial charge on any atom is -0.434 e. The topological polar surface area (TPSA) is 102 Å². The number of rotatable bonds is 11. The van der Waals surface area contributed by atoms with Gasteiger partial charge in [0.15, 0.2) is 11.8 Å². The Kier molecular flexibility index (Phi) is 9.00. The number of ketones is 1. The van der Waals surface area contributed by atoms with Crippen molar-refractivity contribution in [1.29, 1.82) is 0 Å². The summed E-state index contributed by atoms with van der Waals surface area (Å²) in [7, 11) is 0. The summed E-state index contributed by atoms with van der Waals surface area (Å²) in [6, 6.07) is 15.7. The lowest BCUT2D eigenvalue weighted by Crippen LogP contribution is -2.51. The number of carbonyl (C=O) groups excluding carboxylic acids is 3. The summed E-state index contributed by atoms with van der Waals surface area (Å²) >= 11 is 0. The second-order valence-electron chi connectivity index (χ2n) is 9.14. The van der Waals surface area contributed by atoms with Crippen LogP contribution in [0.1, 0.15) is 42.4 Å². The molecule has 37 heavy (non-hydrogen) atoms. The van der Waals surface area contributed by atoms with E-state index in [4.69, 9.17) is 9.15 Å². The summed E-state index contributed by atoms with van der Waals surface area (Å²) in [5.74, 6) is -3.23. The van der Waals surface area contributed by atoms with Crippen molar-refractivity contribution < 1.29 is 27.9 Å². The highest BCUT2D eigenvalue weighted by molar-refractivity contribution is 6.00. The first kappa shape index (κ1) is 26.5. The molecule has 3 aromatic rings. The van der Waals surface area contributed by atoms with Crippen molar-refractivity contribution in [1.82, 2.24) is 15.2 Å². The van der Waals surface area contributed by atoms with Gasteiger partial charge in [-0.1, -0.05) is 49.4 Å². The normalized spacial score (nSPS) is 16.2. The van der Waals surface area contributed by atoms with Crippen LogP contribution in [0.3, 0.4) is 0 Å². The number of ether oxygens (including phenoxy) is 1. The summed E-state index contributed by atoms with van der Waals surface area (Å²) in [5, 5.41) is 2.67. The molecule has 0 bridgehead atoms. The largest absolute Gasteiger partial charge is 0.434 e. The molecule has 8 nitrogen and oxygen atoms in total. The molecule has 1 fully saturated rings. The van der Waals surface area contributed by atoms with Crippen LogP contribution in [0, 0.1) is 5.92 Å².